The minimum absolute atomic E-state index is 0.104. The first-order chi connectivity index (χ1) is 13.3. The third kappa shape index (κ3) is 2.64. The number of fused-ring (bicyclic) bond motifs is 1. The molecule has 142 valence electrons. The van der Waals surface area contributed by atoms with E-state index in [1.54, 1.807) is 25.1 Å². The predicted octanol–water partition coefficient (Wildman–Crippen LogP) is 3.28. The number of rotatable bonds is 3. The number of hydrazone groups is 1. The lowest BCUT2D eigenvalue weighted by Crippen LogP contribution is -2.39. The summed E-state index contributed by atoms with van der Waals surface area (Å²) in [6, 6.07) is 11.6. The second-order valence-corrected chi connectivity index (χ2v) is 7.45. The first-order valence-electron chi connectivity index (χ1n) is 8.89. The van der Waals surface area contributed by atoms with Crippen molar-refractivity contribution in [2.45, 2.75) is 26.8 Å². The van der Waals surface area contributed by atoms with Gasteiger partial charge in [-0.25, -0.2) is 4.90 Å². The third-order valence-electron chi connectivity index (χ3n) is 5.16. The second kappa shape index (κ2) is 6.56. The van der Waals surface area contributed by atoms with Crippen LogP contribution in [0.1, 0.15) is 18.1 Å². The topological polar surface area (TPSA) is 70.1 Å². The molecule has 2 amide bonds. The average molecular weight is 396 g/mol. The van der Waals surface area contributed by atoms with Crippen molar-refractivity contribution in [2.75, 3.05) is 9.91 Å². The van der Waals surface area contributed by atoms with E-state index in [4.69, 9.17) is 11.6 Å². The van der Waals surface area contributed by atoms with E-state index in [1.807, 2.05) is 31.2 Å². The van der Waals surface area contributed by atoms with Gasteiger partial charge in [0, 0.05) is 11.9 Å². The van der Waals surface area contributed by atoms with Crippen LogP contribution in [0.3, 0.4) is 0 Å². The summed E-state index contributed by atoms with van der Waals surface area (Å²) in [6.45, 7) is 5.04. The van der Waals surface area contributed by atoms with Crippen LogP contribution in [0.5, 0.6) is 0 Å². The van der Waals surface area contributed by atoms with Crippen LogP contribution in [-0.2, 0) is 14.4 Å². The van der Waals surface area contributed by atoms with E-state index in [9.17, 15) is 14.4 Å². The number of nitrogens with zero attached hydrogens (tertiary/aromatic N) is 3. The molecule has 7 heteroatoms. The van der Waals surface area contributed by atoms with Crippen LogP contribution >= 0.6 is 11.6 Å². The molecule has 0 bridgehead atoms. The normalized spacial score (nSPS) is 21.2. The summed E-state index contributed by atoms with van der Waals surface area (Å²) >= 11 is 6.19. The number of carbonyl (C=O) groups excluding carboxylic acids is 3. The van der Waals surface area contributed by atoms with Crippen molar-refractivity contribution in [2.24, 2.45) is 11.0 Å². The van der Waals surface area contributed by atoms with E-state index < -0.39 is 23.8 Å². The van der Waals surface area contributed by atoms with Crippen molar-refractivity contribution in [3.8, 4) is 0 Å². The van der Waals surface area contributed by atoms with Gasteiger partial charge in [-0.3, -0.25) is 19.4 Å². The highest BCUT2D eigenvalue weighted by atomic mass is 35.5. The van der Waals surface area contributed by atoms with Crippen molar-refractivity contribution >= 4 is 46.3 Å². The number of anilines is 2. The molecule has 2 heterocycles. The first-order valence-corrected chi connectivity index (χ1v) is 9.27. The molecule has 6 nitrogen and oxygen atoms in total. The van der Waals surface area contributed by atoms with Crippen LogP contribution < -0.4 is 9.91 Å². The molecule has 2 atom stereocenters. The van der Waals surface area contributed by atoms with Gasteiger partial charge in [-0.1, -0.05) is 29.8 Å². The zero-order chi connectivity index (χ0) is 20.2. The van der Waals surface area contributed by atoms with Crippen LogP contribution in [-0.4, -0.2) is 29.4 Å². The summed E-state index contributed by atoms with van der Waals surface area (Å²) in [7, 11) is 0. The van der Waals surface area contributed by atoms with Gasteiger partial charge in [0.2, 0.25) is 5.91 Å². The number of Topliss-reactive ketones (excluding diaryl/α,β-unsaturated/α-hetero) is 1. The van der Waals surface area contributed by atoms with Crippen molar-refractivity contribution < 1.29 is 14.4 Å². The van der Waals surface area contributed by atoms with Crippen LogP contribution in [0, 0.1) is 19.8 Å². The Morgan fingerprint density at radius 2 is 1.79 bits per heavy atom. The lowest BCUT2D eigenvalue weighted by atomic mass is 9.95. The molecule has 0 saturated carbocycles. The second-order valence-electron chi connectivity index (χ2n) is 7.04. The van der Waals surface area contributed by atoms with Gasteiger partial charge in [0.05, 0.1) is 11.4 Å². The van der Waals surface area contributed by atoms with E-state index in [2.05, 4.69) is 5.10 Å². The Labute approximate surface area is 167 Å². The Hall–Kier alpha value is -2.99. The number of imide groups is 1. The highest BCUT2D eigenvalue weighted by molar-refractivity contribution is 6.49. The van der Waals surface area contributed by atoms with Crippen LogP contribution in [0.4, 0.5) is 11.4 Å². The highest BCUT2D eigenvalue weighted by Gasteiger charge is 2.58. The standard InChI is InChI=1S/C21H18ClN3O3/c1-11-6-4-7-14(10-11)25-19-17(18(23-25)13(3)26)20(27)24(21(19)28)16-9-5-8-15(22)12(16)2/h4-10,17,19H,1-3H3/t17-,19+/m0/s1. The minimum atomic E-state index is -0.927. The van der Waals surface area contributed by atoms with Crippen molar-refractivity contribution in [1.82, 2.24) is 0 Å². The maximum Gasteiger partial charge on any atom is 0.259 e. The quantitative estimate of drug-likeness (QED) is 0.748. The summed E-state index contributed by atoms with van der Waals surface area (Å²) in [6.07, 6.45) is 0. The highest BCUT2D eigenvalue weighted by Crippen LogP contribution is 2.39. The minimum Gasteiger partial charge on any atom is -0.293 e. The van der Waals surface area contributed by atoms with E-state index in [0.29, 0.717) is 22.0 Å². The molecule has 4 rings (SSSR count). The van der Waals surface area contributed by atoms with Crippen molar-refractivity contribution in [3.63, 3.8) is 0 Å². The summed E-state index contributed by atoms with van der Waals surface area (Å²) in [5.41, 5.74) is 2.82. The van der Waals surface area contributed by atoms with Gasteiger partial charge in [0.15, 0.2) is 5.78 Å². The molecule has 0 aromatic heterocycles. The molecule has 0 N–H and O–H groups in total. The molecule has 0 spiro atoms. The Kier molecular flexibility index (Phi) is 4.31. The summed E-state index contributed by atoms with van der Waals surface area (Å²) in [5.74, 6) is -2.12. The largest absolute Gasteiger partial charge is 0.293 e. The molecule has 0 unspecified atom stereocenters. The zero-order valence-electron chi connectivity index (χ0n) is 15.6. The average Bonchev–Trinajstić information content (AvgIpc) is 3.16. The smallest absolute Gasteiger partial charge is 0.259 e. The van der Waals surface area contributed by atoms with Gasteiger partial charge in [-0.15, -0.1) is 0 Å². The van der Waals surface area contributed by atoms with Gasteiger partial charge in [-0.2, -0.15) is 5.10 Å². The maximum atomic E-state index is 13.3. The zero-order valence-corrected chi connectivity index (χ0v) is 16.4. The summed E-state index contributed by atoms with van der Waals surface area (Å²) in [4.78, 5) is 39.9. The Balaban J connectivity index is 1.84. The number of aryl methyl sites for hydroxylation is 1. The fourth-order valence-corrected chi connectivity index (χ4v) is 3.93. The number of ketones is 1. The van der Waals surface area contributed by atoms with Gasteiger partial charge in [-0.05, 0) is 49.2 Å². The van der Waals surface area contributed by atoms with E-state index in [-0.39, 0.29) is 11.5 Å². The van der Waals surface area contributed by atoms with Crippen LogP contribution in [0.25, 0.3) is 0 Å². The number of halogens is 1. The lowest BCUT2D eigenvalue weighted by Gasteiger charge is -2.23. The molecule has 1 saturated heterocycles. The maximum absolute atomic E-state index is 13.3. The van der Waals surface area contributed by atoms with Gasteiger partial charge in [0.25, 0.3) is 5.91 Å². The Morgan fingerprint density at radius 3 is 2.46 bits per heavy atom. The van der Waals surface area contributed by atoms with Gasteiger partial charge in [0.1, 0.15) is 17.7 Å². The summed E-state index contributed by atoms with van der Waals surface area (Å²) in [5, 5.41) is 6.32. The number of carbonyl (C=O) groups is 3. The SMILES string of the molecule is CC(=O)C1=NN(c2cccc(C)c2)[C@H]2C(=O)N(c3cccc(Cl)c3C)C(=O)[C@@H]12. The molecular formula is C21H18ClN3O3. The van der Waals surface area contributed by atoms with Crippen LogP contribution in [0.15, 0.2) is 47.6 Å². The van der Waals surface area contributed by atoms with E-state index in [1.165, 1.54) is 11.9 Å². The lowest BCUT2D eigenvalue weighted by molar-refractivity contribution is -0.122. The fraction of sp³-hybridized carbons (Fsp3) is 0.238. The van der Waals surface area contributed by atoms with Gasteiger partial charge >= 0.3 is 0 Å². The number of hydrogen-bond donors (Lipinski definition) is 0. The number of benzene rings is 2. The predicted molar refractivity (Wildman–Crippen MR) is 108 cm³/mol. The van der Waals surface area contributed by atoms with Crippen molar-refractivity contribution in [3.05, 3.63) is 58.6 Å². The molecule has 28 heavy (non-hydrogen) atoms. The first kappa shape index (κ1) is 18.4. The number of amides is 2. The molecule has 2 aromatic carbocycles. The monoisotopic (exact) mass is 395 g/mol. The molecule has 1 fully saturated rings. The molecule has 2 aliphatic heterocycles. The fourth-order valence-electron chi connectivity index (χ4n) is 3.76. The van der Waals surface area contributed by atoms with Crippen LogP contribution in [0.2, 0.25) is 5.02 Å². The Morgan fingerprint density at radius 1 is 1.07 bits per heavy atom. The van der Waals surface area contributed by atoms with E-state index >= 15 is 0 Å². The third-order valence-corrected chi connectivity index (χ3v) is 5.57. The molecule has 2 aromatic rings. The van der Waals surface area contributed by atoms with E-state index in [0.717, 1.165) is 10.5 Å². The Bertz CT molecular complexity index is 1060. The number of hydrogen-bond acceptors (Lipinski definition) is 5. The molecule has 2 aliphatic rings. The molecular weight excluding hydrogens is 378 g/mol. The molecule has 0 radical (unpaired) electrons. The van der Waals surface area contributed by atoms with Crippen molar-refractivity contribution in [1.29, 1.82) is 0 Å². The summed E-state index contributed by atoms with van der Waals surface area (Å²) < 4.78 is 0. The molecule has 0 aliphatic carbocycles. The van der Waals surface area contributed by atoms with Gasteiger partial charge < -0.3 is 0 Å².